The summed E-state index contributed by atoms with van der Waals surface area (Å²) in [4.78, 5) is 13.1. The number of ether oxygens (including phenoxy) is 2. The molecule has 0 aromatic heterocycles. The molecule has 4 nitrogen and oxygen atoms in total. The van der Waals surface area contributed by atoms with Gasteiger partial charge in [0, 0.05) is 5.41 Å². The molecule has 4 heteroatoms. The van der Waals surface area contributed by atoms with E-state index in [1.54, 1.807) is 6.92 Å². The largest absolute Gasteiger partial charge is 0.393 e. The van der Waals surface area contributed by atoms with Crippen molar-refractivity contribution in [2.24, 2.45) is 34.5 Å². The van der Waals surface area contributed by atoms with E-state index in [4.69, 9.17) is 9.47 Å². The molecule has 0 spiro atoms. The third kappa shape index (κ3) is 2.26. The van der Waals surface area contributed by atoms with Gasteiger partial charge in [0.15, 0.2) is 17.2 Å². The maximum Gasteiger partial charge on any atom is 0.164 e. The SMILES string of the molecule is CC(=O)[C@@]12OC(C)(C)O[C@@H]1CC1C3CC[C@H]4CC(O)CCC4(C)C3CCC12C. The minimum atomic E-state index is -0.771. The molecule has 0 aromatic rings. The predicted molar refractivity (Wildman–Crippen MR) is 107 cm³/mol. The van der Waals surface area contributed by atoms with Crippen LogP contribution in [0.25, 0.3) is 0 Å². The molecular formula is C24H38O4. The Labute approximate surface area is 169 Å². The Morgan fingerprint density at radius 3 is 2.43 bits per heavy atom. The molecule has 1 saturated heterocycles. The number of hydrogen-bond acceptors (Lipinski definition) is 4. The van der Waals surface area contributed by atoms with Crippen LogP contribution in [0.1, 0.15) is 86.0 Å². The van der Waals surface area contributed by atoms with E-state index in [-0.39, 0.29) is 23.4 Å². The number of aliphatic hydroxyl groups is 1. The van der Waals surface area contributed by atoms with E-state index in [9.17, 15) is 9.90 Å². The van der Waals surface area contributed by atoms with Gasteiger partial charge in [-0.25, -0.2) is 0 Å². The lowest BCUT2D eigenvalue weighted by Gasteiger charge is -2.61. The van der Waals surface area contributed by atoms with Crippen LogP contribution in [-0.2, 0) is 14.3 Å². The molecule has 1 aliphatic heterocycles. The van der Waals surface area contributed by atoms with Crippen LogP contribution in [0.2, 0.25) is 0 Å². The number of carbonyl (C=O) groups is 1. The maximum atomic E-state index is 13.1. The van der Waals surface area contributed by atoms with Crippen molar-refractivity contribution in [3.05, 3.63) is 0 Å². The predicted octanol–water partition coefficient (Wildman–Crippen LogP) is 4.48. The van der Waals surface area contributed by atoms with Crippen LogP contribution >= 0.6 is 0 Å². The molecule has 0 radical (unpaired) electrons. The van der Waals surface area contributed by atoms with Gasteiger partial charge in [-0.3, -0.25) is 4.79 Å². The van der Waals surface area contributed by atoms with Crippen LogP contribution in [0.3, 0.4) is 0 Å². The topological polar surface area (TPSA) is 55.8 Å². The van der Waals surface area contributed by atoms with Crippen LogP contribution in [-0.4, -0.2) is 34.5 Å². The summed E-state index contributed by atoms with van der Waals surface area (Å²) in [7, 11) is 0. The molecule has 5 fully saturated rings. The summed E-state index contributed by atoms with van der Waals surface area (Å²) in [5, 5.41) is 10.2. The van der Waals surface area contributed by atoms with Crippen LogP contribution in [0, 0.1) is 34.5 Å². The first-order valence-corrected chi connectivity index (χ1v) is 11.6. The monoisotopic (exact) mass is 390 g/mol. The number of aliphatic hydroxyl groups excluding tert-OH is 1. The molecule has 1 heterocycles. The molecule has 4 saturated carbocycles. The van der Waals surface area contributed by atoms with Crippen molar-refractivity contribution in [2.45, 2.75) is 110 Å². The Balaban J connectivity index is 1.50. The zero-order valence-corrected chi connectivity index (χ0v) is 18.3. The highest BCUT2D eigenvalue weighted by Gasteiger charge is 2.75. The summed E-state index contributed by atoms with van der Waals surface area (Å²) >= 11 is 0. The number of hydrogen-bond donors (Lipinski definition) is 1. The molecule has 1 N–H and O–H groups in total. The third-order valence-corrected chi connectivity index (χ3v) is 10.2. The summed E-state index contributed by atoms with van der Waals surface area (Å²) in [6.45, 7) is 10.5. The molecule has 0 aromatic carbocycles. The second-order valence-electron chi connectivity index (χ2n) is 11.7. The van der Waals surface area contributed by atoms with E-state index in [1.807, 2.05) is 13.8 Å². The minimum absolute atomic E-state index is 0.0978. The van der Waals surface area contributed by atoms with Crippen molar-refractivity contribution in [1.29, 1.82) is 0 Å². The second kappa shape index (κ2) is 5.82. The average Bonchev–Trinajstić information content (AvgIpc) is 3.02. The maximum absolute atomic E-state index is 13.1. The lowest BCUT2D eigenvalue weighted by atomic mass is 9.44. The fourth-order valence-electron chi connectivity index (χ4n) is 8.98. The molecule has 6 unspecified atom stereocenters. The lowest BCUT2D eigenvalue weighted by molar-refractivity contribution is -0.219. The Hall–Kier alpha value is -0.450. The quantitative estimate of drug-likeness (QED) is 0.717. The zero-order chi connectivity index (χ0) is 20.1. The van der Waals surface area contributed by atoms with Crippen molar-refractivity contribution in [3.63, 3.8) is 0 Å². The summed E-state index contributed by atoms with van der Waals surface area (Å²) in [5.74, 6) is 2.02. The van der Waals surface area contributed by atoms with E-state index in [0.717, 1.165) is 32.1 Å². The standard InChI is InChI=1S/C24H38O4/c1-14(25)24-20(27-21(2,3)28-24)13-19-17-7-6-15-12-16(26)8-10-22(15,4)18(17)9-11-23(19,24)5/h15-20,26H,6-13H2,1-5H3/t15-,16?,17?,18?,19?,20+,22?,23?,24+/m0/s1. The lowest BCUT2D eigenvalue weighted by Crippen LogP contribution is -2.60. The normalized spacial score (nSPS) is 57.1. The number of ketones is 1. The smallest absolute Gasteiger partial charge is 0.164 e. The molecule has 0 amide bonds. The van der Waals surface area contributed by atoms with Gasteiger partial charge in [-0.1, -0.05) is 13.8 Å². The number of fused-ring (bicyclic) bond motifs is 7. The summed E-state index contributed by atoms with van der Waals surface area (Å²) in [5.41, 5.74) is -0.548. The van der Waals surface area contributed by atoms with Gasteiger partial charge in [-0.2, -0.15) is 0 Å². The van der Waals surface area contributed by atoms with Crippen LogP contribution in [0.15, 0.2) is 0 Å². The van der Waals surface area contributed by atoms with E-state index in [1.165, 1.54) is 19.3 Å². The van der Waals surface area contributed by atoms with Gasteiger partial charge >= 0.3 is 0 Å². The van der Waals surface area contributed by atoms with Crippen molar-refractivity contribution in [3.8, 4) is 0 Å². The molecule has 28 heavy (non-hydrogen) atoms. The van der Waals surface area contributed by atoms with E-state index in [2.05, 4.69) is 13.8 Å². The third-order valence-electron chi connectivity index (χ3n) is 10.2. The van der Waals surface area contributed by atoms with Gasteiger partial charge in [-0.15, -0.1) is 0 Å². The molecule has 5 rings (SSSR count). The highest BCUT2D eigenvalue weighted by atomic mass is 16.8. The molecule has 9 atom stereocenters. The van der Waals surface area contributed by atoms with Crippen molar-refractivity contribution < 1.29 is 19.4 Å². The van der Waals surface area contributed by atoms with Crippen molar-refractivity contribution in [1.82, 2.24) is 0 Å². The Morgan fingerprint density at radius 1 is 0.964 bits per heavy atom. The number of rotatable bonds is 1. The molecule has 0 bridgehead atoms. The zero-order valence-electron chi connectivity index (χ0n) is 18.3. The van der Waals surface area contributed by atoms with Crippen molar-refractivity contribution >= 4 is 5.78 Å². The average molecular weight is 391 g/mol. The molecule has 5 aliphatic rings. The Kier molecular flexibility index (Phi) is 4.06. The minimum Gasteiger partial charge on any atom is -0.393 e. The van der Waals surface area contributed by atoms with Gasteiger partial charge < -0.3 is 14.6 Å². The van der Waals surface area contributed by atoms with E-state index in [0.29, 0.717) is 29.1 Å². The molecule has 158 valence electrons. The summed E-state index contributed by atoms with van der Waals surface area (Å²) in [6, 6.07) is 0. The number of Topliss-reactive ketones (excluding diaryl/α,β-unsaturated/α-hetero) is 1. The number of carbonyl (C=O) groups excluding carboxylic acids is 1. The fraction of sp³-hybridized carbons (Fsp3) is 0.958. The van der Waals surface area contributed by atoms with E-state index >= 15 is 0 Å². The highest BCUT2D eigenvalue weighted by molar-refractivity contribution is 5.88. The second-order valence-corrected chi connectivity index (χ2v) is 11.7. The summed E-state index contributed by atoms with van der Waals surface area (Å²) < 4.78 is 12.9. The first-order chi connectivity index (χ1) is 13.0. The van der Waals surface area contributed by atoms with E-state index < -0.39 is 11.4 Å². The van der Waals surface area contributed by atoms with Gasteiger partial charge in [-0.05, 0) is 101 Å². The van der Waals surface area contributed by atoms with Crippen LogP contribution < -0.4 is 0 Å². The molecular weight excluding hydrogens is 352 g/mol. The fourth-order valence-corrected chi connectivity index (χ4v) is 8.98. The Bertz CT molecular complexity index is 688. The van der Waals surface area contributed by atoms with Gasteiger partial charge in [0.1, 0.15) is 0 Å². The Morgan fingerprint density at radius 2 is 1.71 bits per heavy atom. The van der Waals surface area contributed by atoms with Crippen LogP contribution in [0.4, 0.5) is 0 Å². The summed E-state index contributed by atoms with van der Waals surface area (Å²) in [6.07, 6.45) is 8.57. The van der Waals surface area contributed by atoms with Crippen molar-refractivity contribution in [2.75, 3.05) is 0 Å². The highest BCUT2D eigenvalue weighted by Crippen LogP contribution is 2.71. The van der Waals surface area contributed by atoms with Crippen LogP contribution in [0.5, 0.6) is 0 Å². The first kappa shape index (κ1) is 19.5. The van der Waals surface area contributed by atoms with Gasteiger partial charge in [0.05, 0.1) is 12.2 Å². The first-order valence-electron chi connectivity index (χ1n) is 11.6. The molecule has 4 aliphatic carbocycles. The van der Waals surface area contributed by atoms with Gasteiger partial charge in [0.25, 0.3) is 0 Å². The van der Waals surface area contributed by atoms with Gasteiger partial charge in [0.2, 0.25) is 0 Å².